The van der Waals surface area contributed by atoms with Gasteiger partial charge in [-0.15, -0.1) is 0 Å². The fraction of sp³-hybridized carbons (Fsp3) is 0.240. The van der Waals surface area contributed by atoms with Crippen LogP contribution in [0.25, 0.3) is 0 Å². The first-order chi connectivity index (χ1) is 17.5. The third-order valence-electron chi connectivity index (χ3n) is 5.47. The van der Waals surface area contributed by atoms with Crippen LogP contribution in [0.5, 0.6) is 11.5 Å². The van der Waals surface area contributed by atoms with Crippen LogP contribution in [0.15, 0.2) is 82.6 Å². The summed E-state index contributed by atoms with van der Waals surface area (Å²) in [6, 6.07) is 18.3. The Kier molecular flexibility index (Phi) is 8.79. The van der Waals surface area contributed by atoms with Crippen LogP contribution in [0.4, 0.5) is 5.69 Å². The first-order valence-electron chi connectivity index (χ1n) is 11.1. The number of benzene rings is 3. The van der Waals surface area contributed by atoms with Crippen LogP contribution in [0.2, 0.25) is 0 Å². The Morgan fingerprint density at radius 2 is 1.27 bits per heavy atom. The Bertz CT molecular complexity index is 1420. The first-order valence-corrected chi connectivity index (χ1v) is 14.0. The predicted octanol–water partition coefficient (Wildman–Crippen LogP) is 2.58. The van der Waals surface area contributed by atoms with Crippen LogP contribution >= 0.6 is 0 Å². The average Bonchev–Trinajstić information content (AvgIpc) is 2.90. The zero-order valence-corrected chi connectivity index (χ0v) is 22.5. The zero-order chi connectivity index (χ0) is 27.2. The van der Waals surface area contributed by atoms with Gasteiger partial charge in [0.25, 0.3) is 15.9 Å². The van der Waals surface area contributed by atoms with E-state index in [1.54, 1.807) is 36.4 Å². The fourth-order valence-electron chi connectivity index (χ4n) is 3.22. The lowest BCUT2D eigenvalue weighted by Crippen LogP contribution is -2.28. The summed E-state index contributed by atoms with van der Waals surface area (Å²) in [5.74, 6) is 0.677. The standard InChI is InChI=1S/C25H29N3O7S2/c1-27(2)36(30,31)23-15-11-22(12-16-23)35-18-17-26-25(29)19-5-7-20(8-6-19)28(3)37(32,33)24-13-9-21(34-4)10-14-24/h5-16H,17-18H2,1-4H3,(H,26,29). The Morgan fingerprint density at radius 3 is 1.78 bits per heavy atom. The molecule has 10 nitrogen and oxygen atoms in total. The van der Waals surface area contributed by atoms with Gasteiger partial charge in [-0.05, 0) is 72.8 Å². The molecule has 3 rings (SSSR count). The van der Waals surface area contributed by atoms with Gasteiger partial charge in [-0.2, -0.15) is 0 Å². The molecular weight excluding hydrogens is 518 g/mol. The number of methoxy groups -OCH3 is 1. The van der Waals surface area contributed by atoms with Gasteiger partial charge in [-0.25, -0.2) is 21.1 Å². The summed E-state index contributed by atoms with van der Waals surface area (Å²) < 4.78 is 62.9. The molecule has 198 valence electrons. The summed E-state index contributed by atoms with van der Waals surface area (Å²) in [7, 11) is -1.44. The highest BCUT2D eigenvalue weighted by Gasteiger charge is 2.21. The molecule has 0 radical (unpaired) electrons. The highest BCUT2D eigenvalue weighted by Crippen LogP contribution is 2.24. The molecule has 0 spiro atoms. The number of nitrogens with zero attached hydrogens (tertiary/aromatic N) is 2. The van der Waals surface area contributed by atoms with E-state index in [9.17, 15) is 21.6 Å². The van der Waals surface area contributed by atoms with E-state index in [1.165, 1.54) is 64.7 Å². The Hall–Kier alpha value is -3.61. The molecule has 0 unspecified atom stereocenters. The van der Waals surface area contributed by atoms with E-state index in [0.29, 0.717) is 22.7 Å². The first kappa shape index (κ1) is 28.0. The van der Waals surface area contributed by atoms with Crippen molar-refractivity contribution in [1.82, 2.24) is 9.62 Å². The third kappa shape index (κ3) is 6.59. The molecule has 0 bridgehead atoms. The lowest BCUT2D eigenvalue weighted by atomic mass is 10.2. The summed E-state index contributed by atoms with van der Waals surface area (Å²) in [4.78, 5) is 12.7. The number of nitrogens with one attached hydrogen (secondary N) is 1. The molecule has 0 fully saturated rings. The lowest BCUT2D eigenvalue weighted by molar-refractivity contribution is 0.0947. The molecule has 0 aromatic heterocycles. The van der Waals surface area contributed by atoms with E-state index < -0.39 is 20.0 Å². The van der Waals surface area contributed by atoms with Crippen molar-refractivity contribution in [2.24, 2.45) is 0 Å². The molecule has 1 amide bonds. The second-order valence-corrected chi connectivity index (χ2v) is 12.2. The SMILES string of the molecule is COc1ccc(S(=O)(=O)N(C)c2ccc(C(=O)NCCOc3ccc(S(=O)(=O)N(C)C)cc3)cc2)cc1. The second kappa shape index (κ2) is 11.6. The smallest absolute Gasteiger partial charge is 0.264 e. The summed E-state index contributed by atoms with van der Waals surface area (Å²) in [5.41, 5.74) is 0.757. The van der Waals surface area contributed by atoms with Crippen LogP contribution in [0, 0.1) is 0 Å². The molecule has 0 saturated heterocycles. The Labute approximate surface area is 217 Å². The van der Waals surface area contributed by atoms with E-state index in [-0.39, 0.29) is 28.8 Å². The van der Waals surface area contributed by atoms with Gasteiger partial charge < -0.3 is 14.8 Å². The number of amides is 1. The minimum atomic E-state index is -3.78. The zero-order valence-electron chi connectivity index (χ0n) is 20.9. The Balaban J connectivity index is 1.53. The number of sulfonamides is 2. The van der Waals surface area contributed by atoms with Crippen LogP contribution in [0.3, 0.4) is 0 Å². The average molecular weight is 548 g/mol. The van der Waals surface area contributed by atoms with Gasteiger partial charge in [0.1, 0.15) is 18.1 Å². The lowest BCUT2D eigenvalue weighted by Gasteiger charge is -2.20. The van der Waals surface area contributed by atoms with Crippen LogP contribution < -0.4 is 19.1 Å². The predicted molar refractivity (Wildman–Crippen MR) is 140 cm³/mol. The number of ether oxygens (including phenoxy) is 2. The van der Waals surface area contributed by atoms with Crippen molar-refractivity contribution in [3.63, 3.8) is 0 Å². The van der Waals surface area contributed by atoms with Gasteiger partial charge >= 0.3 is 0 Å². The minimum Gasteiger partial charge on any atom is -0.497 e. The van der Waals surface area contributed by atoms with Crippen molar-refractivity contribution in [3.8, 4) is 11.5 Å². The Morgan fingerprint density at radius 1 is 0.757 bits per heavy atom. The number of anilines is 1. The van der Waals surface area contributed by atoms with Crippen molar-refractivity contribution in [3.05, 3.63) is 78.4 Å². The van der Waals surface area contributed by atoms with Gasteiger partial charge in [-0.1, -0.05) is 0 Å². The summed E-state index contributed by atoms with van der Waals surface area (Å²) in [6.45, 7) is 0.385. The number of rotatable bonds is 11. The van der Waals surface area contributed by atoms with Gasteiger partial charge in [-0.3, -0.25) is 9.10 Å². The van der Waals surface area contributed by atoms with Crippen molar-refractivity contribution >= 4 is 31.6 Å². The number of carbonyl (C=O) groups is 1. The van der Waals surface area contributed by atoms with E-state index in [2.05, 4.69) is 5.32 Å². The molecule has 0 atom stereocenters. The van der Waals surface area contributed by atoms with E-state index in [0.717, 1.165) is 8.61 Å². The summed E-state index contributed by atoms with van der Waals surface area (Å²) >= 11 is 0. The van der Waals surface area contributed by atoms with Crippen LogP contribution in [-0.2, 0) is 20.0 Å². The van der Waals surface area contributed by atoms with Crippen molar-refractivity contribution in [1.29, 1.82) is 0 Å². The van der Waals surface area contributed by atoms with Crippen LogP contribution in [-0.4, -0.2) is 68.5 Å². The molecule has 0 aliphatic carbocycles. The monoisotopic (exact) mass is 547 g/mol. The quantitative estimate of drug-likeness (QED) is 0.366. The molecule has 1 N–H and O–H groups in total. The van der Waals surface area contributed by atoms with Crippen molar-refractivity contribution in [2.75, 3.05) is 45.7 Å². The summed E-state index contributed by atoms with van der Waals surface area (Å²) in [6.07, 6.45) is 0. The van der Waals surface area contributed by atoms with Gasteiger partial charge in [0.05, 0.1) is 29.1 Å². The van der Waals surface area contributed by atoms with Crippen molar-refractivity contribution < 1.29 is 31.1 Å². The van der Waals surface area contributed by atoms with Crippen molar-refractivity contribution in [2.45, 2.75) is 9.79 Å². The largest absolute Gasteiger partial charge is 0.497 e. The van der Waals surface area contributed by atoms with E-state index in [4.69, 9.17) is 9.47 Å². The van der Waals surface area contributed by atoms with Gasteiger partial charge in [0.15, 0.2) is 0 Å². The molecule has 3 aromatic rings. The van der Waals surface area contributed by atoms with E-state index in [1.807, 2.05) is 0 Å². The molecule has 0 aliphatic rings. The topological polar surface area (TPSA) is 122 Å². The molecule has 12 heteroatoms. The normalized spacial score (nSPS) is 11.7. The maximum absolute atomic E-state index is 12.9. The number of hydrogen-bond donors (Lipinski definition) is 1. The molecule has 0 aliphatic heterocycles. The molecule has 37 heavy (non-hydrogen) atoms. The number of carbonyl (C=O) groups excluding carboxylic acids is 1. The van der Waals surface area contributed by atoms with Gasteiger partial charge in [0.2, 0.25) is 10.0 Å². The highest BCUT2D eigenvalue weighted by atomic mass is 32.2. The van der Waals surface area contributed by atoms with E-state index >= 15 is 0 Å². The maximum Gasteiger partial charge on any atom is 0.264 e. The summed E-state index contributed by atoms with van der Waals surface area (Å²) in [5, 5.41) is 2.73. The fourth-order valence-corrected chi connectivity index (χ4v) is 5.32. The minimum absolute atomic E-state index is 0.117. The highest BCUT2D eigenvalue weighted by molar-refractivity contribution is 7.92. The molecule has 0 heterocycles. The molecule has 3 aromatic carbocycles. The second-order valence-electron chi connectivity index (χ2n) is 8.06. The molecular formula is C25H29N3O7S2. The molecule has 0 saturated carbocycles. The van der Waals surface area contributed by atoms with Gasteiger partial charge in [0, 0.05) is 26.7 Å². The maximum atomic E-state index is 12.9. The van der Waals surface area contributed by atoms with Crippen LogP contribution in [0.1, 0.15) is 10.4 Å². The third-order valence-corrected chi connectivity index (χ3v) is 9.10. The number of hydrogen-bond acceptors (Lipinski definition) is 7.